The highest BCUT2D eigenvalue weighted by Gasteiger charge is 2.38. The molecule has 0 unspecified atom stereocenters. The maximum Gasteiger partial charge on any atom is 0.490 e. The van der Waals surface area contributed by atoms with Crippen molar-refractivity contribution < 1.29 is 65.5 Å². The first-order valence-electron chi connectivity index (χ1n) is 11.9. The highest BCUT2D eigenvalue weighted by atomic mass is 19.4. The van der Waals surface area contributed by atoms with Gasteiger partial charge in [0.05, 0.1) is 5.56 Å². The van der Waals surface area contributed by atoms with Gasteiger partial charge in [0.1, 0.15) is 36.4 Å². The molecule has 0 bridgehead atoms. The van der Waals surface area contributed by atoms with Crippen LogP contribution in [-0.2, 0) is 14.3 Å². The maximum absolute atomic E-state index is 12.2. The monoisotopic (exact) mass is 624 g/mol. The van der Waals surface area contributed by atoms with Crippen LogP contribution in [-0.4, -0.2) is 88.5 Å². The van der Waals surface area contributed by atoms with E-state index in [1.165, 1.54) is 18.2 Å². The van der Waals surface area contributed by atoms with Gasteiger partial charge in [0, 0.05) is 30.3 Å². The van der Waals surface area contributed by atoms with Crippen molar-refractivity contribution in [1.29, 1.82) is 10.8 Å². The van der Waals surface area contributed by atoms with Crippen molar-refractivity contribution in [2.24, 2.45) is 5.73 Å². The smallest absolute Gasteiger partial charge is 0.490 e. The number of phenols is 1. The predicted octanol–water partition coefficient (Wildman–Crippen LogP) is 3.60. The van der Waals surface area contributed by atoms with E-state index < -0.39 is 30.3 Å². The number of nitrogen functional groups attached to an aromatic ring is 1. The molecular weight excluding hydrogens is 598 g/mol. The number of hydrogen-bond acceptors (Lipinski definition) is 8. The number of nitrogens with zero attached hydrogens (tertiary/aromatic N) is 1. The molecule has 236 valence electrons. The minimum atomic E-state index is -5.08. The van der Waals surface area contributed by atoms with Gasteiger partial charge in [0.25, 0.3) is 0 Å². The number of amidine groups is 2. The van der Waals surface area contributed by atoms with E-state index in [0.29, 0.717) is 22.7 Å². The number of esters is 1. The number of hydrogen-bond donors (Lipinski definition) is 6. The molecule has 2 aromatic rings. The second-order valence-corrected chi connectivity index (χ2v) is 8.34. The molecule has 1 aliphatic rings. The molecule has 0 amide bonds. The Balaban J connectivity index is 0.000000548. The number of carboxylic acids is 2. The van der Waals surface area contributed by atoms with Crippen molar-refractivity contribution in [2.75, 3.05) is 26.3 Å². The molecule has 2 aromatic carbocycles. The molecule has 18 heteroatoms. The summed E-state index contributed by atoms with van der Waals surface area (Å²) in [7, 11) is 0. The fourth-order valence-electron chi connectivity index (χ4n) is 3.09. The van der Waals surface area contributed by atoms with Crippen LogP contribution < -0.4 is 10.5 Å². The Bertz CT molecular complexity index is 1270. The van der Waals surface area contributed by atoms with Crippen LogP contribution in [0.5, 0.6) is 11.5 Å². The van der Waals surface area contributed by atoms with E-state index in [1.807, 2.05) is 4.90 Å². The Labute approximate surface area is 239 Å². The predicted molar refractivity (Wildman–Crippen MR) is 136 cm³/mol. The molecule has 0 atom stereocenters. The number of aliphatic carboxylic acids is 2. The van der Waals surface area contributed by atoms with E-state index in [9.17, 15) is 36.2 Å². The van der Waals surface area contributed by atoms with Gasteiger partial charge >= 0.3 is 30.3 Å². The number of rotatable bonds is 7. The lowest BCUT2D eigenvalue weighted by atomic mass is 10.1. The molecule has 1 aliphatic heterocycles. The van der Waals surface area contributed by atoms with Crippen LogP contribution in [0.2, 0.25) is 0 Å². The van der Waals surface area contributed by atoms with Gasteiger partial charge in [-0.25, -0.2) is 14.4 Å². The molecular formula is C25H26F6N4O8. The number of halogens is 6. The molecule has 7 N–H and O–H groups in total. The van der Waals surface area contributed by atoms with E-state index in [0.717, 1.165) is 31.5 Å². The van der Waals surface area contributed by atoms with Crippen molar-refractivity contribution in [3.63, 3.8) is 0 Å². The molecule has 0 radical (unpaired) electrons. The average molecular weight is 624 g/mol. The number of nitrogens with two attached hydrogens (primary N) is 1. The number of alkyl halides is 6. The lowest BCUT2D eigenvalue weighted by Gasteiger charge is -2.18. The fraction of sp³-hybridized carbons (Fsp3) is 0.320. The zero-order valence-corrected chi connectivity index (χ0v) is 22.0. The highest BCUT2D eigenvalue weighted by Crippen LogP contribution is 2.21. The van der Waals surface area contributed by atoms with Gasteiger partial charge in [-0.3, -0.25) is 10.8 Å². The van der Waals surface area contributed by atoms with Gasteiger partial charge < -0.3 is 35.4 Å². The Morgan fingerprint density at radius 3 is 1.72 bits per heavy atom. The maximum atomic E-state index is 12.2. The van der Waals surface area contributed by atoms with Gasteiger partial charge in [-0.1, -0.05) is 12.1 Å². The first-order chi connectivity index (χ1) is 19.8. The molecule has 43 heavy (non-hydrogen) atoms. The summed E-state index contributed by atoms with van der Waals surface area (Å²) >= 11 is 0. The van der Waals surface area contributed by atoms with Gasteiger partial charge in [-0.2, -0.15) is 26.3 Å². The van der Waals surface area contributed by atoms with Crippen molar-refractivity contribution >= 4 is 29.6 Å². The SMILES string of the molecule is N=C(N)c1cc(O)cc(OCCOC(=O)c2ccc(C(=N)N3CCCC3)cc2)c1.O=C(O)C(F)(F)F.O=C(O)C(F)(F)F. The first kappa shape index (κ1) is 36.0. The lowest BCUT2D eigenvalue weighted by Crippen LogP contribution is -2.27. The normalized spacial score (nSPS) is 12.6. The van der Waals surface area contributed by atoms with Gasteiger partial charge in [0.15, 0.2) is 0 Å². The number of ether oxygens (including phenoxy) is 2. The number of carbonyl (C=O) groups is 3. The molecule has 1 fully saturated rings. The zero-order chi connectivity index (χ0) is 33.0. The van der Waals surface area contributed by atoms with Crippen LogP contribution in [0.1, 0.15) is 34.3 Å². The minimum absolute atomic E-state index is 0.0231. The summed E-state index contributed by atoms with van der Waals surface area (Å²) in [4.78, 5) is 32.0. The number of benzene rings is 2. The van der Waals surface area contributed by atoms with E-state index in [1.54, 1.807) is 24.3 Å². The Hall–Kier alpha value is -5.03. The molecule has 1 heterocycles. The lowest BCUT2D eigenvalue weighted by molar-refractivity contribution is -0.193. The Kier molecular flexibility index (Phi) is 13.3. The molecule has 0 aliphatic carbocycles. The van der Waals surface area contributed by atoms with Crippen molar-refractivity contribution in [1.82, 2.24) is 4.90 Å². The third-order valence-electron chi connectivity index (χ3n) is 5.09. The number of likely N-dealkylation sites (tertiary alicyclic amines) is 1. The van der Waals surface area contributed by atoms with Crippen LogP contribution >= 0.6 is 0 Å². The van der Waals surface area contributed by atoms with Gasteiger partial charge in [-0.15, -0.1) is 0 Å². The zero-order valence-electron chi connectivity index (χ0n) is 22.0. The number of carboxylic acid groups (broad SMARTS) is 2. The van der Waals surface area contributed by atoms with E-state index in [4.69, 9.17) is 45.8 Å². The van der Waals surface area contributed by atoms with E-state index in [-0.39, 0.29) is 24.8 Å². The minimum Gasteiger partial charge on any atom is -0.508 e. The summed E-state index contributed by atoms with van der Waals surface area (Å²) in [6.45, 7) is 1.91. The van der Waals surface area contributed by atoms with Crippen LogP contribution in [0.25, 0.3) is 0 Å². The molecule has 3 rings (SSSR count). The van der Waals surface area contributed by atoms with Gasteiger partial charge in [-0.05, 0) is 37.1 Å². The number of nitrogens with one attached hydrogen (secondary N) is 2. The Morgan fingerprint density at radius 2 is 1.28 bits per heavy atom. The molecule has 12 nitrogen and oxygen atoms in total. The Morgan fingerprint density at radius 1 is 0.814 bits per heavy atom. The highest BCUT2D eigenvalue weighted by molar-refractivity contribution is 5.98. The van der Waals surface area contributed by atoms with E-state index in [2.05, 4.69) is 0 Å². The van der Waals surface area contributed by atoms with Crippen LogP contribution in [0.3, 0.4) is 0 Å². The molecule has 0 spiro atoms. The first-order valence-corrected chi connectivity index (χ1v) is 11.9. The molecule has 0 aromatic heterocycles. The summed E-state index contributed by atoms with van der Waals surface area (Å²) in [6.07, 6.45) is -7.96. The fourth-order valence-corrected chi connectivity index (χ4v) is 3.09. The van der Waals surface area contributed by atoms with Crippen molar-refractivity contribution in [3.8, 4) is 11.5 Å². The second kappa shape index (κ2) is 15.8. The summed E-state index contributed by atoms with van der Waals surface area (Å²) < 4.78 is 74.1. The molecule has 1 saturated heterocycles. The standard InChI is InChI=1S/C21H24N4O4.2C2HF3O2/c22-19(23)16-11-17(26)13-18(12-16)28-9-10-29-21(27)15-5-3-14(4-6-15)20(24)25-7-1-2-8-25;2*3-2(4,5)1(6)7/h3-6,11-13,24,26H,1-2,7-10H2,(H3,22,23);2*(H,6,7). The quantitative estimate of drug-likeness (QED) is 0.0867. The van der Waals surface area contributed by atoms with Crippen LogP contribution in [0.15, 0.2) is 42.5 Å². The van der Waals surface area contributed by atoms with Crippen LogP contribution in [0.4, 0.5) is 26.3 Å². The summed E-state index contributed by atoms with van der Waals surface area (Å²) in [5.41, 5.74) is 6.93. The summed E-state index contributed by atoms with van der Waals surface area (Å²) in [6, 6.07) is 11.1. The van der Waals surface area contributed by atoms with E-state index >= 15 is 0 Å². The topological polar surface area (TPSA) is 207 Å². The molecule has 0 saturated carbocycles. The van der Waals surface area contributed by atoms with Crippen molar-refractivity contribution in [2.45, 2.75) is 25.2 Å². The van der Waals surface area contributed by atoms with Gasteiger partial charge in [0.2, 0.25) is 0 Å². The summed E-state index contributed by atoms with van der Waals surface area (Å²) in [5, 5.41) is 39.5. The number of phenolic OH excluding ortho intramolecular Hbond substituents is 1. The van der Waals surface area contributed by atoms with Crippen molar-refractivity contribution in [3.05, 3.63) is 59.2 Å². The third kappa shape index (κ3) is 13.0. The number of aromatic hydroxyl groups is 1. The largest absolute Gasteiger partial charge is 0.508 e. The second-order valence-electron chi connectivity index (χ2n) is 8.34. The number of carbonyl (C=O) groups excluding carboxylic acids is 1. The van der Waals surface area contributed by atoms with Crippen LogP contribution in [0, 0.1) is 10.8 Å². The average Bonchev–Trinajstić information content (AvgIpc) is 3.45. The third-order valence-corrected chi connectivity index (χ3v) is 5.09. The summed E-state index contributed by atoms with van der Waals surface area (Å²) in [5.74, 6) is -5.43.